The highest BCUT2D eigenvalue weighted by Gasteiger charge is 2.11. The highest BCUT2D eigenvalue weighted by molar-refractivity contribution is 7.98. The van der Waals surface area contributed by atoms with Crippen LogP contribution in [0.25, 0.3) is 10.2 Å². The number of aromatic nitrogens is 2. The Kier molecular flexibility index (Phi) is 5.02. The molecule has 140 valence electrons. The molecule has 0 aliphatic rings. The number of carbonyl (C=O) groups is 1. The van der Waals surface area contributed by atoms with E-state index in [-0.39, 0.29) is 17.1 Å². The normalized spacial score (nSPS) is 11.0. The van der Waals surface area contributed by atoms with Crippen molar-refractivity contribution in [3.05, 3.63) is 87.0 Å². The monoisotopic (exact) mass is 408 g/mol. The van der Waals surface area contributed by atoms with Gasteiger partial charge in [-0.1, -0.05) is 36.0 Å². The molecule has 2 heterocycles. The van der Waals surface area contributed by atoms with Crippen molar-refractivity contribution in [2.45, 2.75) is 10.9 Å². The third-order valence-corrected chi connectivity index (χ3v) is 6.35. The van der Waals surface area contributed by atoms with Crippen molar-refractivity contribution in [1.29, 1.82) is 0 Å². The summed E-state index contributed by atoms with van der Waals surface area (Å²) in [5.74, 6) is 0.683. The third kappa shape index (κ3) is 3.58. The summed E-state index contributed by atoms with van der Waals surface area (Å²) in [4.78, 5) is 29.4. The molecule has 0 aliphatic heterocycles. The Balaban J connectivity index is 1.49. The maximum atomic E-state index is 12.5. The number of hydrogen-bond acceptors (Lipinski definition) is 6. The minimum Gasteiger partial charge on any atom is -0.508 e. The Bertz CT molecular complexity index is 1210. The van der Waals surface area contributed by atoms with Crippen molar-refractivity contribution >= 4 is 39.1 Å². The fourth-order valence-corrected chi connectivity index (χ4v) is 4.51. The number of phenols is 1. The SMILES string of the molecule is Cn1c(SCc2ccc(C(=O)c3ccc(O)cc3)cc2)nc2ccsc2c1=O. The number of hydrogen-bond donors (Lipinski definition) is 1. The third-order valence-electron chi connectivity index (χ3n) is 4.36. The summed E-state index contributed by atoms with van der Waals surface area (Å²) in [7, 11) is 1.73. The van der Waals surface area contributed by atoms with Crippen LogP contribution < -0.4 is 5.56 Å². The van der Waals surface area contributed by atoms with Gasteiger partial charge in [-0.15, -0.1) is 11.3 Å². The number of thioether (sulfide) groups is 1. The maximum absolute atomic E-state index is 12.5. The molecule has 4 rings (SSSR count). The first-order valence-electron chi connectivity index (χ1n) is 8.52. The summed E-state index contributed by atoms with van der Waals surface area (Å²) in [5.41, 5.74) is 2.85. The van der Waals surface area contributed by atoms with E-state index < -0.39 is 0 Å². The summed E-state index contributed by atoms with van der Waals surface area (Å²) in [6, 6.07) is 15.5. The number of ketones is 1. The van der Waals surface area contributed by atoms with Crippen LogP contribution >= 0.6 is 23.1 Å². The van der Waals surface area contributed by atoms with Gasteiger partial charge in [0.2, 0.25) is 0 Å². The van der Waals surface area contributed by atoms with Crippen molar-refractivity contribution in [2.75, 3.05) is 0 Å². The standard InChI is InChI=1S/C21H16N2O3S2/c1-23-20(26)19-17(10-11-27-19)22-21(23)28-12-13-2-4-14(5-3-13)18(25)15-6-8-16(24)9-7-15/h2-11,24H,12H2,1H3. The summed E-state index contributed by atoms with van der Waals surface area (Å²) >= 11 is 2.89. The number of fused-ring (bicyclic) bond motifs is 1. The summed E-state index contributed by atoms with van der Waals surface area (Å²) in [6.45, 7) is 0. The van der Waals surface area contributed by atoms with Gasteiger partial charge in [-0.25, -0.2) is 4.98 Å². The first kappa shape index (κ1) is 18.5. The fourth-order valence-electron chi connectivity index (χ4n) is 2.78. The number of aromatic hydroxyl groups is 1. The molecule has 28 heavy (non-hydrogen) atoms. The van der Waals surface area contributed by atoms with Gasteiger partial charge in [-0.2, -0.15) is 0 Å². The van der Waals surface area contributed by atoms with Crippen molar-refractivity contribution in [3.63, 3.8) is 0 Å². The number of benzene rings is 2. The van der Waals surface area contributed by atoms with Crippen molar-refractivity contribution < 1.29 is 9.90 Å². The first-order chi connectivity index (χ1) is 13.5. The molecule has 7 heteroatoms. The zero-order valence-electron chi connectivity index (χ0n) is 15.0. The average Bonchev–Trinajstić information content (AvgIpc) is 3.19. The molecule has 0 saturated heterocycles. The van der Waals surface area contributed by atoms with E-state index in [0.29, 0.717) is 26.7 Å². The molecule has 0 aliphatic carbocycles. The Morgan fingerprint density at radius 1 is 1.07 bits per heavy atom. The zero-order valence-corrected chi connectivity index (χ0v) is 16.6. The predicted molar refractivity (Wildman–Crippen MR) is 112 cm³/mol. The molecule has 0 spiro atoms. The highest BCUT2D eigenvalue weighted by Crippen LogP contribution is 2.24. The van der Waals surface area contributed by atoms with Crippen LogP contribution in [0.5, 0.6) is 5.75 Å². The first-order valence-corrected chi connectivity index (χ1v) is 10.4. The fraction of sp³-hybridized carbons (Fsp3) is 0.0952. The van der Waals surface area contributed by atoms with E-state index in [1.54, 1.807) is 35.9 Å². The molecule has 0 amide bonds. The largest absolute Gasteiger partial charge is 0.508 e. The summed E-state index contributed by atoms with van der Waals surface area (Å²) < 4.78 is 2.25. The lowest BCUT2D eigenvalue weighted by Gasteiger charge is -2.08. The van der Waals surface area contributed by atoms with Crippen LogP contribution in [0.3, 0.4) is 0 Å². The molecule has 5 nitrogen and oxygen atoms in total. The Morgan fingerprint density at radius 3 is 2.39 bits per heavy atom. The van der Waals surface area contributed by atoms with Crippen LogP contribution in [0.2, 0.25) is 0 Å². The van der Waals surface area contributed by atoms with Gasteiger partial charge in [0.15, 0.2) is 10.9 Å². The molecule has 4 aromatic rings. The quantitative estimate of drug-likeness (QED) is 0.304. The van der Waals surface area contributed by atoms with Crippen LogP contribution in [0.1, 0.15) is 21.5 Å². The second kappa shape index (κ2) is 7.61. The second-order valence-corrected chi connectivity index (χ2v) is 8.11. The van der Waals surface area contributed by atoms with Crippen molar-refractivity contribution in [2.24, 2.45) is 7.05 Å². The van der Waals surface area contributed by atoms with Crippen LogP contribution in [-0.4, -0.2) is 20.4 Å². The Hall–Kier alpha value is -2.90. The molecule has 2 aromatic heterocycles. The lowest BCUT2D eigenvalue weighted by Crippen LogP contribution is -2.18. The summed E-state index contributed by atoms with van der Waals surface area (Å²) in [6.07, 6.45) is 0. The van der Waals surface area contributed by atoms with Crippen molar-refractivity contribution in [3.8, 4) is 5.75 Å². The molecule has 0 bridgehead atoms. The Morgan fingerprint density at radius 2 is 1.71 bits per heavy atom. The van der Waals surface area contributed by atoms with Crippen LogP contribution in [-0.2, 0) is 12.8 Å². The number of carbonyl (C=O) groups excluding carboxylic acids is 1. The van der Waals surface area contributed by atoms with Crippen LogP contribution in [0.4, 0.5) is 0 Å². The molecule has 0 radical (unpaired) electrons. The molecule has 0 unspecified atom stereocenters. The van der Waals surface area contributed by atoms with E-state index >= 15 is 0 Å². The molecule has 0 fully saturated rings. The van der Waals surface area contributed by atoms with E-state index in [0.717, 1.165) is 11.1 Å². The predicted octanol–water partition coefficient (Wildman–Crippen LogP) is 4.22. The topological polar surface area (TPSA) is 72.2 Å². The van der Waals surface area contributed by atoms with Gasteiger partial charge in [-0.05, 0) is 41.3 Å². The molecule has 0 atom stereocenters. The van der Waals surface area contributed by atoms with E-state index in [1.165, 1.54) is 35.2 Å². The van der Waals surface area contributed by atoms with Crippen LogP contribution in [0, 0.1) is 0 Å². The second-order valence-electron chi connectivity index (χ2n) is 6.26. The van der Waals surface area contributed by atoms with Gasteiger partial charge >= 0.3 is 0 Å². The van der Waals surface area contributed by atoms with Gasteiger partial charge < -0.3 is 5.11 Å². The number of rotatable bonds is 5. The lowest BCUT2D eigenvalue weighted by atomic mass is 10.0. The Labute approximate surface area is 169 Å². The molecular weight excluding hydrogens is 392 g/mol. The van der Waals surface area contributed by atoms with E-state index in [2.05, 4.69) is 4.98 Å². The number of nitrogens with zero attached hydrogens (tertiary/aromatic N) is 2. The van der Waals surface area contributed by atoms with Gasteiger partial charge in [0, 0.05) is 23.9 Å². The lowest BCUT2D eigenvalue weighted by molar-refractivity contribution is 0.103. The van der Waals surface area contributed by atoms with Crippen LogP contribution in [0.15, 0.2) is 69.9 Å². The minimum atomic E-state index is -0.0915. The zero-order chi connectivity index (χ0) is 19.7. The molecule has 1 N–H and O–H groups in total. The average molecular weight is 409 g/mol. The van der Waals surface area contributed by atoms with E-state index in [4.69, 9.17) is 0 Å². The smallest absolute Gasteiger partial charge is 0.271 e. The van der Waals surface area contributed by atoms with Gasteiger partial charge in [-0.3, -0.25) is 14.2 Å². The molecular formula is C21H16N2O3S2. The van der Waals surface area contributed by atoms with Crippen molar-refractivity contribution in [1.82, 2.24) is 9.55 Å². The minimum absolute atomic E-state index is 0.0302. The maximum Gasteiger partial charge on any atom is 0.271 e. The number of phenolic OH excluding ortho intramolecular Hbond substituents is 1. The summed E-state index contributed by atoms with van der Waals surface area (Å²) in [5, 5.41) is 11.9. The number of thiophene rings is 1. The molecule has 2 aromatic carbocycles. The van der Waals surface area contributed by atoms with Gasteiger partial charge in [0.05, 0.1) is 5.52 Å². The highest BCUT2D eigenvalue weighted by atomic mass is 32.2. The van der Waals surface area contributed by atoms with E-state index in [1.807, 2.05) is 23.6 Å². The van der Waals surface area contributed by atoms with E-state index in [9.17, 15) is 14.7 Å². The van der Waals surface area contributed by atoms with Gasteiger partial charge in [0.1, 0.15) is 10.4 Å². The van der Waals surface area contributed by atoms with Gasteiger partial charge in [0.25, 0.3) is 5.56 Å². The molecule has 0 saturated carbocycles.